The summed E-state index contributed by atoms with van der Waals surface area (Å²) in [5.74, 6) is 0.608. The zero-order valence-electron chi connectivity index (χ0n) is 17.0. The maximum absolute atomic E-state index is 12.6. The van der Waals surface area contributed by atoms with Crippen molar-refractivity contribution < 1.29 is 4.79 Å². The number of rotatable bonds is 9. The molecule has 1 aromatic heterocycles. The highest BCUT2D eigenvalue weighted by Crippen LogP contribution is 2.27. The Kier molecular flexibility index (Phi) is 6.72. The summed E-state index contributed by atoms with van der Waals surface area (Å²) in [6.45, 7) is 4.98. The maximum atomic E-state index is 12.6. The first-order valence-electron chi connectivity index (χ1n) is 10.0. The summed E-state index contributed by atoms with van der Waals surface area (Å²) in [4.78, 5) is 14.2. The van der Waals surface area contributed by atoms with E-state index in [0.717, 1.165) is 36.1 Å². The second-order valence-corrected chi connectivity index (χ2v) is 7.17. The maximum Gasteiger partial charge on any atom is 0.231 e. The molecule has 0 radical (unpaired) electrons. The van der Waals surface area contributed by atoms with E-state index in [1.165, 1.54) is 0 Å². The molecule has 0 fully saturated rings. The van der Waals surface area contributed by atoms with E-state index >= 15 is 0 Å². The van der Waals surface area contributed by atoms with Crippen LogP contribution in [-0.2, 0) is 17.8 Å². The van der Waals surface area contributed by atoms with E-state index in [0.29, 0.717) is 18.9 Å². The van der Waals surface area contributed by atoms with Crippen LogP contribution in [0.15, 0.2) is 54.6 Å². The summed E-state index contributed by atoms with van der Waals surface area (Å²) in [6.07, 6.45) is 2.22. The number of aryl methyl sites for hydroxylation is 2. The molecule has 0 saturated heterocycles. The minimum absolute atomic E-state index is 0.0157. The van der Waals surface area contributed by atoms with Crippen LogP contribution in [-0.4, -0.2) is 32.7 Å². The van der Waals surface area contributed by atoms with Crippen molar-refractivity contribution in [1.82, 2.24) is 20.2 Å². The molecule has 152 valence electrons. The number of amides is 1. The predicted octanol–water partition coefficient (Wildman–Crippen LogP) is 3.29. The zero-order chi connectivity index (χ0) is 20.7. The molecule has 0 unspecified atom stereocenters. The average Bonchev–Trinajstić information content (AvgIpc) is 3.25. The van der Waals surface area contributed by atoms with Crippen LogP contribution < -0.4 is 11.1 Å². The van der Waals surface area contributed by atoms with E-state index in [1.807, 2.05) is 68.4 Å². The van der Waals surface area contributed by atoms with Crippen molar-refractivity contribution in [2.45, 2.75) is 39.7 Å². The Morgan fingerprint density at radius 3 is 2.38 bits per heavy atom. The van der Waals surface area contributed by atoms with Crippen molar-refractivity contribution >= 4 is 11.6 Å². The van der Waals surface area contributed by atoms with Gasteiger partial charge in [0.25, 0.3) is 0 Å². The molecule has 1 amide bonds. The number of nitrogens with one attached hydrogen (secondary N) is 1. The Labute approximate surface area is 171 Å². The first-order valence-corrected chi connectivity index (χ1v) is 10.0. The van der Waals surface area contributed by atoms with Crippen LogP contribution in [0.3, 0.4) is 0 Å². The number of carbonyl (C=O) groups excluding carboxylic acids is 1. The van der Waals surface area contributed by atoms with Gasteiger partial charge < -0.3 is 11.1 Å². The van der Waals surface area contributed by atoms with Crippen LogP contribution in [0.25, 0.3) is 11.4 Å². The minimum Gasteiger partial charge on any atom is -0.329 e. The molecule has 0 aliphatic rings. The zero-order valence-corrected chi connectivity index (χ0v) is 17.0. The molecule has 3 N–H and O–H groups in total. The van der Waals surface area contributed by atoms with Crippen LogP contribution >= 0.6 is 0 Å². The van der Waals surface area contributed by atoms with Crippen molar-refractivity contribution in [3.63, 3.8) is 0 Å². The third-order valence-electron chi connectivity index (χ3n) is 5.52. The van der Waals surface area contributed by atoms with Crippen molar-refractivity contribution in [3.05, 3.63) is 60.2 Å². The molecule has 3 aromatic rings. The van der Waals surface area contributed by atoms with Crippen molar-refractivity contribution in [3.8, 4) is 11.4 Å². The van der Waals surface area contributed by atoms with Crippen LogP contribution in [0.5, 0.6) is 0 Å². The Bertz CT molecular complexity index is 908. The number of anilines is 1. The SMILES string of the molecule is CCC(CC)(CN)C(=O)Nc1ccc(CCn2nnc(-c3ccccc3)n2)cc1. The van der Waals surface area contributed by atoms with E-state index in [4.69, 9.17) is 5.73 Å². The summed E-state index contributed by atoms with van der Waals surface area (Å²) in [5, 5.41) is 15.7. The van der Waals surface area contributed by atoms with E-state index in [1.54, 1.807) is 4.80 Å². The molecule has 0 spiro atoms. The minimum atomic E-state index is -0.506. The molecule has 0 saturated carbocycles. The summed E-state index contributed by atoms with van der Waals surface area (Å²) < 4.78 is 0. The quantitative estimate of drug-likeness (QED) is 0.582. The van der Waals surface area contributed by atoms with Crippen molar-refractivity contribution in [1.29, 1.82) is 0 Å². The number of nitrogens with zero attached hydrogens (tertiary/aromatic N) is 4. The number of carbonyl (C=O) groups is 1. The van der Waals surface area contributed by atoms with Gasteiger partial charge in [0.1, 0.15) is 0 Å². The van der Waals surface area contributed by atoms with Gasteiger partial charge in [-0.3, -0.25) is 4.79 Å². The lowest BCUT2D eigenvalue weighted by Gasteiger charge is -2.28. The van der Waals surface area contributed by atoms with Crippen LogP contribution in [0.4, 0.5) is 5.69 Å². The van der Waals surface area contributed by atoms with Gasteiger partial charge in [0.2, 0.25) is 11.7 Å². The first kappa shape index (κ1) is 20.7. The molecular formula is C22H28N6O. The third kappa shape index (κ3) is 4.86. The molecule has 0 bridgehead atoms. The molecule has 1 heterocycles. The van der Waals surface area contributed by atoms with Gasteiger partial charge >= 0.3 is 0 Å². The van der Waals surface area contributed by atoms with Gasteiger partial charge in [-0.2, -0.15) is 4.80 Å². The smallest absolute Gasteiger partial charge is 0.231 e. The topological polar surface area (TPSA) is 98.7 Å². The number of benzene rings is 2. The number of aromatic nitrogens is 4. The Balaban J connectivity index is 1.57. The molecule has 3 rings (SSSR count). The van der Waals surface area contributed by atoms with Crippen LogP contribution in [0, 0.1) is 5.41 Å². The lowest BCUT2D eigenvalue weighted by Crippen LogP contribution is -2.41. The van der Waals surface area contributed by atoms with E-state index in [-0.39, 0.29) is 5.91 Å². The molecule has 7 heteroatoms. The molecular weight excluding hydrogens is 364 g/mol. The number of nitrogens with two attached hydrogens (primary N) is 1. The summed E-state index contributed by atoms with van der Waals surface area (Å²) in [5.41, 5.74) is 8.22. The molecule has 2 aromatic carbocycles. The average molecular weight is 393 g/mol. The second kappa shape index (κ2) is 9.43. The standard InChI is InChI=1S/C22H28N6O/c1-3-22(4-2,16-23)21(29)24-19-12-10-17(11-13-19)14-15-28-26-20(25-27-28)18-8-6-5-7-9-18/h5-13H,3-4,14-16,23H2,1-2H3,(H,24,29). The van der Waals surface area contributed by atoms with Crippen LogP contribution in [0.1, 0.15) is 32.3 Å². The van der Waals surface area contributed by atoms with Gasteiger partial charge in [0.15, 0.2) is 0 Å². The van der Waals surface area contributed by atoms with Gasteiger partial charge in [0.05, 0.1) is 12.0 Å². The monoisotopic (exact) mass is 392 g/mol. The fourth-order valence-corrected chi connectivity index (χ4v) is 3.24. The molecule has 29 heavy (non-hydrogen) atoms. The lowest BCUT2D eigenvalue weighted by atomic mass is 9.81. The summed E-state index contributed by atoms with van der Waals surface area (Å²) in [6, 6.07) is 17.6. The van der Waals surface area contributed by atoms with Crippen molar-refractivity contribution in [2.24, 2.45) is 11.1 Å². The number of tetrazole rings is 1. The molecule has 0 atom stereocenters. The number of hydrogen-bond donors (Lipinski definition) is 2. The van der Waals surface area contributed by atoms with Crippen molar-refractivity contribution in [2.75, 3.05) is 11.9 Å². The number of hydrogen-bond acceptors (Lipinski definition) is 5. The van der Waals surface area contributed by atoms with E-state index in [9.17, 15) is 4.79 Å². The fraction of sp³-hybridized carbons (Fsp3) is 0.364. The van der Waals surface area contributed by atoms with Gasteiger partial charge in [-0.05, 0) is 42.2 Å². The highest BCUT2D eigenvalue weighted by molar-refractivity contribution is 5.95. The fourth-order valence-electron chi connectivity index (χ4n) is 3.24. The van der Waals surface area contributed by atoms with Crippen LogP contribution in [0.2, 0.25) is 0 Å². The van der Waals surface area contributed by atoms with Gasteiger partial charge in [-0.25, -0.2) is 0 Å². The largest absolute Gasteiger partial charge is 0.329 e. The Hall–Kier alpha value is -3.06. The second-order valence-electron chi connectivity index (χ2n) is 7.17. The Morgan fingerprint density at radius 1 is 1.07 bits per heavy atom. The lowest BCUT2D eigenvalue weighted by molar-refractivity contribution is -0.125. The van der Waals surface area contributed by atoms with Gasteiger partial charge in [0, 0.05) is 17.8 Å². The highest BCUT2D eigenvalue weighted by atomic mass is 16.2. The molecule has 7 nitrogen and oxygen atoms in total. The summed E-state index contributed by atoms with van der Waals surface area (Å²) in [7, 11) is 0. The summed E-state index contributed by atoms with van der Waals surface area (Å²) >= 11 is 0. The normalized spacial score (nSPS) is 11.4. The van der Waals surface area contributed by atoms with E-state index < -0.39 is 5.41 Å². The third-order valence-corrected chi connectivity index (χ3v) is 5.52. The Morgan fingerprint density at radius 2 is 1.76 bits per heavy atom. The molecule has 0 aliphatic carbocycles. The highest BCUT2D eigenvalue weighted by Gasteiger charge is 2.33. The van der Waals surface area contributed by atoms with Gasteiger partial charge in [-0.15, -0.1) is 10.2 Å². The predicted molar refractivity (Wildman–Crippen MR) is 114 cm³/mol. The molecule has 0 aliphatic heterocycles. The van der Waals surface area contributed by atoms with Gasteiger partial charge in [-0.1, -0.05) is 56.3 Å². The van der Waals surface area contributed by atoms with E-state index in [2.05, 4.69) is 20.7 Å². The first-order chi connectivity index (χ1) is 14.1.